The Morgan fingerprint density at radius 1 is 0.426 bits per heavy atom. The van der Waals surface area contributed by atoms with Crippen LogP contribution in [0.25, 0.3) is 89.0 Å². The molecule has 0 atom stereocenters. The Kier molecular flexibility index (Phi) is 6.43. The van der Waals surface area contributed by atoms with Crippen molar-refractivity contribution in [1.82, 2.24) is 15.0 Å². The van der Waals surface area contributed by atoms with E-state index in [0.717, 1.165) is 77.6 Å². The second kappa shape index (κ2) is 11.2. The van der Waals surface area contributed by atoms with E-state index >= 15 is 0 Å². The van der Waals surface area contributed by atoms with Crippen LogP contribution in [-0.2, 0) is 0 Å². The third-order valence-corrected chi connectivity index (χ3v) is 8.76. The maximum atomic E-state index is 6.42. The van der Waals surface area contributed by atoms with Gasteiger partial charge in [-0.2, -0.15) is 0 Å². The lowest BCUT2D eigenvalue weighted by atomic mass is 9.98. The molecular formula is C43H27N3O. The highest BCUT2D eigenvalue weighted by molar-refractivity contribution is 6.09. The van der Waals surface area contributed by atoms with Crippen molar-refractivity contribution in [1.29, 1.82) is 0 Å². The summed E-state index contributed by atoms with van der Waals surface area (Å²) in [5.41, 5.74) is 11.7. The summed E-state index contributed by atoms with van der Waals surface area (Å²) in [6.07, 6.45) is 1.85. The van der Waals surface area contributed by atoms with Crippen molar-refractivity contribution in [2.24, 2.45) is 0 Å². The molecule has 0 bridgehead atoms. The molecular weight excluding hydrogens is 574 g/mol. The van der Waals surface area contributed by atoms with Gasteiger partial charge in [0, 0.05) is 39.0 Å². The third kappa shape index (κ3) is 4.84. The Balaban J connectivity index is 1.23. The summed E-state index contributed by atoms with van der Waals surface area (Å²) in [4.78, 5) is 15.1. The molecule has 0 aliphatic carbocycles. The number of hydrogen-bond acceptors (Lipinski definition) is 4. The van der Waals surface area contributed by atoms with Gasteiger partial charge < -0.3 is 4.42 Å². The van der Waals surface area contributed by atoms with Crippen molar-refractivity contribution in [3.8, 4) is 56.2 Å². The van der Waals surface area contributed by atoms with Crippen molar-refractivity contribution in [3.63, 3.8) is 0 Å². The molecule has 4 nitrogen and oxygen atoms in total. The fourth-order valence-electron chi connectivity index (χ4n) is 6.43. The molecule has 220 valence electrons. The van der Waals surface area contributed by atoms with Gasteiger partial charge in [0.25, 0.3) is 0 Å². The summed E-state index contributed by atoms with van der Waals surface area (Å²) in [5.74, 6) is 0.617. The number of para-hydroxylation sites is 3. The van der Waals surface area contributed by atoms with Gasteiger partial charge in [-0.3, -0.25) is 4.98 Å². The van der Waals surface area contributed by atoms with E-state index in [1.54, 1.807) is 0 Å². The highest BCUT2D eigenvalue weighted by atomic mass is 16.3. The molecule has 0 saturated carbocycles. The predicted molar refractivity (Wildman–Crippen MR) is 192 cm³/mol. The first-order valence-corrected chi connectivity index (χ1v) is 15.7. The Morgan fingerprint density at radius 2 is 1.06 bits per heavy atom. The molecule has 0 saturated heterocycles. The average Bonchev–Trinajstić information content (AvgIpc) is 3.54. The minimum absolute atomic E-state index is 0.617. The van der Waals surface area contributed by atoms with Gasteiger partial charge in [0.05, 0.1) is 22.5 Å². The SMILES string of the molecule is c1ccc(-c2ccc(-c3cc(-c4cccc(-c5cccc6cccnc56)c4)nc(-c4cccc5c4oc4ccccc45)n3)cc2)cc1. The van der Waals surface area contributed by atoms with Crippen molar-refractivity contribution >= 4 is 32.8 Å². The molecule has 9 rings (SSSR count). The van der Waals surface area contributed by atoms with Crippen LogP contribution < -0.4 is 0 Å². The molecule has 0 fully saturated rings. The molecule has 9 aromatic rings. The van der Waals surface area contributed by atoms with Crippen molar-refractivity contribution in [2.45, 2.75) is 0 Å². The van der Waals surface area contributed by atoms with E-state index in [-0.39, 0.29) is 0 Å². The first-order chi connectivity index (χ1) is 23.3. The Morgan fingerprint density at radius 3 is 1.96 bits per heavy atom. The summed E-state index contributed by atoms with van der Waals surface area (Å²) in [6.45, 7) is 0. The summed E-state index contributed by atoms with van der Waals surface area (Å²) in [6, 6.07) is 54.3. The van der Waals surface area contributed by atoms with Crippen molar-refractivity contribution in [2.75, 3.05) is 0 Å². The molecule has 0 spiro atoms. The Bertz CT molecular complexity index is 2560. The number of fused-ring (bicyclic) bond motifs is 4. The van der Waals surface area contributed by atoms with Gasteiger partial charge in [-0.05, 0) is 47.0 Å². The smallest absolute Gasteiger partial charge is 0.164 e. The zero-order valence-corrected chi connectivity index (χ0v) is 25.3. The van der Waals surface area contributed by atoms with Crippen LogP contribution in [-0.4, -0.2) is 15.0 Å². The van der Waals surface area contributed by atoms with Gasteiger partial charge in [-0.1, -0.05) is 127 Å². The second-order valence-electron chi connectivity index (χ2n) is 11.6. The predicted octanol–water partition coefficient (Wildman–Crippen LogP) is 11.3. The van der Waals surface area contributed by atoms with Crippen LogP contribution in [0.3, 0.4) is 0 Å². The third-order valence-electron chi connectivity index (χ3n) is 8.76. The summed E-state index contributed by atoms with van der Waals surface area (Å²) in [5, 5.41) is 3.24. The van der Waals surface area contributed by atoms with E-state index in [2.05, 4.69) is 121 Å². The number of aromatic nitrogens is 3. The van der Waals surface area contributed by atoms with E-state index in [9.17, 15) is 0 Å². The normalized spacial score (nSPS) is 11.4. The van der Waals surface area contributed by atoms with Crippen LogP contribution in [0.2, 0.25) is 0 Å². The Hall–Kier alpha value is -6.39. The lowest BCUT2D eigenvalue weighted by molar-refractivity contribution is 0.669. The molecule has 4 heteroatoms. The standard InChI is InChI=1S/C43H27N3O/c1-2-10-28(11-3-1)29-21-23-30(24-22-29)38-27-39(33-14-6-13-32(26-33)34-17-7-12-31-15-9-25-44-41(31)34)46-43(45-38)37-19-8-18-36-35-16-4-5-20-40(35)47-42(36)37/h1-27H. The number of furan rings is 1. The maximum absolute atomic E-state index is 6.42. The molecule has 0 unspecified atom stereocenters. The van der Waals surface area contributed by atoms with Gasteiger partial charge in [0.1, 0.15) is 11.2 Å². The number of nitrogens with zero attached hydrogens (tertiary/aromatic N) is 3. The molecule has 0 aliphatic heterocycles. The Labute approximate surface area is 271 Å². The lowest BCUT2D eigenvalue weighted by Gasteiger charge is -2.12. The van der Waals surface area contributed by atoms with E-state index in [4.69, 9.17) is 19.4 Å². The fourth-order valence-corrected chi connectivity index (χ4v) is 6.43. The summed E-state index contributed by atoms with van der Waals surface area (Å²) < 4.78 is 6.42. The monoisotopic (exact) mass is 601 g/mol. The van der Waals surface area contributed by atoms with E-state index in [0.29, 0.717) is 5.82 Å². The van der Waals surface area contributed by atoms with E-state index < -0.39 is 0 Å². The first kappa shape index (κ1) is 27.0. The quantitative estimate of drug-likeness (QED) is 0.197. The van der Waals surface area contributed by atoms with Crippen LogP contribution in [0, 0.1) is 0 Å². The first-order valence-electron chi connectivity index (χ1n) is 15.7. The van der Waals surface area contributed by atoms with Gasteiger partial charge in [-0.15, -0.1) is 0 Å². The molecule has 0 aliphatic rings. The number of pyridine rings is 1. The number of rotatable bonds is 5. The van der Waals surface area contributed by atoms with Gasteiger partial charge in [0.2, 0.25) is 0 Å². The van der Waals surface area contributed by atoms with E-state index in [1.165, 1.54) is 5.56 Å². The van der Waals surface area contributed by atoms with Crippen LogP contribution >= 0.6 is 0 Å². The minimum atomic E-state index is 0.617. The molecule has 3 heterocycles. The summed E-state index contributed by atoms with van der Waals surface area (Å²) in [7, 11) is 0. The molecule has 6 aromatic carbocycles. The van der Waals surface area contributed by atoms with Crippen molar-refractivity contribution < 1.29 is 4.42 Å². The topological polar surface area (TPSA) is 51.8 Å². The molecule has 0 N–H and O–H groups in total. The van der Waals surface area contributed by atoms with Gasteiger partial charge in [-0.25, -0.2) is 9.97 Å². The van der Waals surface area contributed by atoms with E-state index in [1.807, 2.05) is 42.6 Å². The molecule has 0 amide bonds. The fraction of sp³-hybridized carbons (Fsp3) is 0. The van der Waals surface area contributed by atoms with Crippen LogP contribution in [0.4, 0.5) is 0 Å². The number of hydrogen-bond donors (Lipinski definition) is 0. The van der Waals surface area contributed by atoms with Crippen LogP contribution in [0.5, 0.6) is 0 Å². The van der Waals surface area contributed by atoms with Gasteiger partial charge in [0.15, 0.2) is 5.82 Å². The van der Waals surface area contributed by atoms with Crippen LogP contribution in [0.15, 0.2) is 168 Å². The zero-order valence-electron chi connectivity index (χ0n) is 25.3. The second-order valence-corrected chi connectivity index (χ2v) is 11.6. The maximum Gasteiger partial charge on any atom is 0.164 e. The molecule has 3 aromatic heterocycles. The zero-order chi connectivity index (χ0) is 31.2. The molecule has 0 radical (unpaired) electrons. The largest absolute Gasteiger partial charge is 0.455 e. The summed E-state index contributed by atoms with van der Waals surface area (Å²) >= 11 is 0. The van der Waals surface area contributed by atoms with Crippen molar-refractivity contribution in [3.05, 3.63) is 164 Å². The van der Waals surface area contributed by atoms with Crippen LogP contribution in [0.1, 0.15) is 0 Å². The highest BCUT2D eigenvalue weighted by Crippen LogP contribution is 2.37. The lowest BCUT2D eigenvalue weighted by Crippen LogP contribution is -1.96. The molecule has 47 heavy (non-hydrogen) atoms. The minimum Gasteiger partial charge on any atom is -0.455 e. The van der Waals surface area contributed by atoms with Gasteiger partial charge >= 0.3 is 0 Å². The average molecular weight is 602 g/mol. The number of benzene rings is 6. The highest BCUT2D eigenvalue weighted by Gasteiger charge is 2.17.